The second-order valence-corrected chi connectivity index (χ2v) is 10.6. The molecule has 1 aromatic carbocycles. The highest BCUT2D eigenvalue weighted by molar-refractivity contribution is 9.10. The number of halogens is 1. The van der Waals surface area contributed by atoms with E-state index < -0.39 is 0 Å². The number of hydrogen-bond donors (Lipinski definition) is 2. The minimum atomic E-state index is -0.0784. The van der Waals surface area contributed by atoms with Crippen LogP contribution in [0.1, 0.15) is 24.8 Å². The van der Waals surface area contributed by atoms with Gasteiger partial charge in [0.25, 0.3) is 5.56 Å². The first kappa shape index (κ1) is 25.1. The lowest BCUT2D eigenvalue weighted by molar-refractivity contribution is 0.414. The zero-order valence-electron chi connectivity index (χ0n) is 21.4. The highest BCUT2D eigenvalue weighted by atomic mass is 79.9. The van der Waals surface area contributed by atoms with Crippen LogP contribution in [0, 0.1) is 0 Å². The number of methoxy groups -OCH3 is 1. The largest absolute Gasteiger partial charge is 0.497 e. The summed E-state index contributed by atoms with van der Waals surface area (Å²) >= 11 is 3.56. The van der Waals surface area contributed by atoms with Crippen LogP contribution >= 0.6 is 15.9 Å². The second kappa shape index (κ2) is 10.9. The SMILES string of the molecule is COc1ccc(Cn2c(N[C@H]3CC[C@H](Nc4ccc(-n5ccccc5=O)cn4)C3)nc3ncc(Br)cc32)cc1. The van der Waals surface area contributed by atoms with Gasteiger partial charge in [-0.15, -0.1) is 0 Å². The molecule has 5 aromatic rings. The summed E-state index contributed by atoms with van der Waals surface area (Å²) in [5.74, 6) is 2.45. The number of anilines is 2. The van der Waals surface area contributed by atoms with Crippen molar-refractivity contribution in [2.24, 2.45) is 0 Å². The van der Waals surface area contributed by atoms with Gasteiger partial charge < -0.3 is 19.9 Å². The van der Waals surface area contributed by atoms with Crippen LogP contribution in [0.4, 0.5) is 11.8 Å². The van der Waals surface area contributed by atoms with Crippen molar-refractivity contribution in [3.63, 3.8) is 0 Å². The number of ether oxygens (including phenoxy) is 1. The van der Waals surface area contributed by atoms with Crippen molar-refractivity contribution in [1.82, 2.24) is 24.1 Å². The number of hydrogen-bond acceptors (Lipinski definition) is 7. The molecule has 4 aromatic heterocycles. The third-order valence-corrected chi connectivity index (χ3v) is 7.47. The van der Waals surface area contributed by atoms with Crippen LogP contribution in [0.2, 0.25) is 0 Å². The van der Waals surface area contributed by atoms with Crippen molar-refractivity contribution >= 4 is 38.9 Å². The van der Waals surface area contributed by atoms with E-state index in [2.05, 4.69) is 59.3 Å². The number of fused-ring (bicyclic) bond motifs is 1. The fourth-order valence-corrected chi connectivity index (χ4v) is 5.37. The molecule has 2 N–H and O–H groups in total. The third-order valence-electron chi connectivity index (χ3n) is 7.04. The molecule has 0 radical (unpaired) electrons. The Morgan fingerprint density at radius 1 is 1.00 bits per heavy atom. The molecule has 6 rings (SSSR count). The lowest BCUT2D eigenvalue weighted by Gasteiger charge is -2.17. The normalized spacial score (nSPS) is 16.9. The molecule has 4 heterocycles. The number of benzene rings is 1. The molecule has 9 nitrogen and oxygen atoms in total. The molecule has 10 heteroatoms. The lowest BCUT2D eigenvalue weighted by atomic mass is 10.2. The Balaban J connectivity index is 1.16. The van der Waals surface area contributed by atoms with Crippen LogP contribution in [-0.2, 0) is 6.54 Å². The average molecular weight is 586 g/mol. The zero-order valence-corrected chi connectivity index (χ0v) is 23.0. The quantitative estimate of drug-likeness (QED) is 0.257. The minimum absolute atomic E-state index is 0.0784. The fourth-order valence-electron chi connectivity index (χ4n) is 5.05. The van der Waals surface area contributed by atoms with Gasteiger partial charge in [0, 0.05) is 35.0 Å². The van der Waals surface area contributed by atoms with Crippen molar-refractivity contribution in [3.05, 3.63) is 99.6 Å². The number of rotatable bonds is 8. The van der Waals surface area contributed by atoms with Crippen molar-refractivity contribution in [2.75, 3.05) is 17.7 Å². The van der Waals surface area contributed by atoms with Crippen LogP contribution < -0.4 is 20.9 Å². The van der Waals surface area contributed by atoms with Gasteiger partial charge in [-0.3, -0.25) is 9.36 Å². The Kier molecular flexibility index (Phi) is 7.02. The van der Waals surface area contributed by atoms with Crippen molar-refractivity contribution in [2.45, 2.75) is 37.9 Å². The standard InChI is InChI=1S/C29H28BrN7O2/c1-39-24-10-5-19(6-11-24)18-37-25-14-20(30)16-32-28(25)35-29(37)34-22-8-7-21(15-22)33-26-12-9-23(17-31-26)36-13-3-2-4-27(36)38/h2-6,9-14,16-17,21-22H,7-8,15,18H2,1H3,(H,31,33)(H,32,34,35)/t21-,22-/m0/s1. The maximum atomic E-state index is 12.1. The van der Waals surface area contributed by atoms with Crippen molar-refractivity contribution in [3.8, 4) is 11.4 Å². The number of nitrogens with one attached hydrogen (secondary N) is 2. The van der Waals surface area contributed by atoms with E-state index in [0.717, 1.165) is 58.0 Å². The van der Waals surface area contributed by atoms with Gasteiger partial charge in [0.15, 0.2) is 5.65 Å². The van der Waals surface area contributed by atoms with E-state index in [9.17, 15) is 4.79 Å². The fraction of sp³-hybridized carbons (Fsp3) is 0.241. The van der Waals surface area contributed by atoms with Crippen LogP contribution in [0.3, 0.4) is 0 Å². The lowest BCUT2D eigenvalue weighted by Crippen LogP contribution is -2.23. The van der Waals surface area contributed by atoms with E-state index in [4.69, 9.17) is 9.72 Å². The summed E-state index contributed by atoms with van der Waals surface area (Å²) in [5, 5.41) is 7.24. The summed E-state index contributed by atoms with van der Waals surface area (Å²) in [6, 6.07) is 19.6. The second-order valence-electron chi connectivity index (χ2n) is 9.67. The molecule has 0 aliphatic heterocycles. The summed E-state index contributed by atoms with van der Waals surface area (Å²) in [4.78, 5) is 26.0. The summed E-state index contributed by atoms with van der Waals surface area (Å²) in [5.41, 5.74) is 3.50. The Bertz CT molecular complexity index is 1650. The highest BCUT2D eigenvalue weighted by Crippen LogP contribution is 2.28. The van der Waals surface area contributed by atoms with Gasteiger partial charge in [0.05, 0.1) is 31.1 Å². The molecule has 0 bridgehead atoms. The van der Waals surface area contributed by atoms with E-state index in [1.807, 2.05) is 30.3 Å². The van der Waals surface area contributed by atoms with Gasteiger partial charge in [-0.05, 0) is 77.2 Å². The average Bonchev–Trinajstić information content (AvgIpc) is 3.53. The smallest absolute Gasteiger partial charge is 0.255 e. The summed E-state index contributed by atoms with van der Waals surface area (Å²) < 4.78 is 9.99. The first-order valence-corrected chi connectivity index (χ1v) is 13.7. The summed E-state index contributed by atoms with van der Waals surface area (Å²) in [6.07, 6.45) is 8.21. The van der Waals surface area contributed by atoms with Crippen LogP contribution in [0.15, 0.2) is 88.5 Å². The molecular weight excluding hydrogens is 558 g/mol. The summed E-state index contributed by atoms with van der Waals surface area (Å²) in [6.45, 7) is 0.663. The van der Waals surface area contributed by atoms with Gasteiger partial charge in [-0.1, -0.05) is 18.2 Å². The van der Waals surface area contributed by atoms with E-state index in [-0.39, 0.29) is 17.6 Å². The molecule has 2 atom stereocenters. The summed E-state index contributed by atoms with van der Waals surface area (Å²) in [7, 11) is 1.67. The Morgan fingerprint density at radius 3 is 2.56 bits per heavy atom. The molecule has 0 saturated heterocycles. The molecule has 0 spiro atoms. The van der Waals surface area contributed by atoms with E-state index >= 15 is 0 Å². The maximum Gasteiger partial charge on any atom is 0.255 e. The molecule has 1 aliphatic carbocycles. The molecule has 1 fully saturated rings. The van der Waals surface area contributed by atoms with Gasteiger partial charge >= 0.3 is 0 Å². The number of aromatic nitrogens is 5. The predicted molar refractivity (Wildman–Crippen MR) is 156 cm³/mol. The first-order chi connectivity index (χ1) is 19.1. The molecule has 1 aliphatic rings. The molecular formula is C29H28BrN7O2. The maximum absolute atomic E-state index is 12.1. The number of nitrogens with zero attached hydrogens (tertiary/aromatic N) is 5. The number of imidazole rings is 1. The van der Waals surface area contributed by atoms with Crippen LogP contribution in [0.25, 0.3) is 16.9 Å². The monoisotopic (exact) mass is 585 g/mol. The first-order valence-electron chi connectivity index (χ1n) is 12.9. The molecule has 0 amide bonds. The molecule has 198 valence electrons. The third kappa shape index (κ3) is 5.51. The van der Waals surface area contributed by atoms with Gasteiger partial charge in [-0.2, -0.15) is 4.98 Å². The van der Waals surface area contributed by atoms with Gasteiger partial charge in [0.2, 0.25) is 5.95 Å². The molecule has 39 heavy (non-hydrogen) atoms. The topological polar surface area (TPSA) is 98.9 Å². The van der Waals surface area contributed by atoms with E-state index in [1.165, 1.54) is 6.07 Å². The minimum Gasteiger partial charge on any atom is -0.497 e. The zero-order chi connectivity index (χ0) is 26.8. The molecule has 1 saturated carbocycles. The van der Waals surface area contributed by atoms with Crippen LogP contribution in [-0.4, -0.2) is 43.3 Å². The van der Waals surface area contributed by atoms with E-state index in [1.54, 1.807) is 36.3 Å². The van der Waals surface area contributed by atoms with E-state index in [0.29, 0.717) is 12.2 Å². The van der Waals surface area contributed by atoms with Gasteiger partial charge in [-0.25, -0.2) is 9.97 Å². The Labute approximate surface area is 234 Å². The molecule has 0 unspecified atom stereocenters. The number of pyridine rings is 3. The highest BCUT2D eigenvalue weighted by Gasteiger charge is 2.26. The van der Waals surface area contributed by atoms with Crippen molar-refractivity contribution < 1.29 is 4.74 Å². The Morgan fingerprint density at radius 2 is 1.82 bits per heavy atom. The predicted octanol–water partition coefficient (Wildman–Crippen LogP) is 5.24. The Hall–Kier alpha value is -4.18. The van der Waals surface area contributed by atoms with Gasteiger partial charge in [0.1, 0.15) is 11.6 Å². The van der Waals surface area contributed by atoms with Crippen molar-refractivity contribution in [1.29, 1.82) is 0 Å². The van der Waals surface area contributed by atoms with Crippen LogP contribution in [0.5, 0.6) is 5.75 Å².